The second-order valence-electron chi connectivity index (χ2n) is 13.4. The molecule has 1 aromatic heterocycles. The van der Waals surface area contributed by atoms with E-state index in [2.05, 4.69) is 37.2 Å². The van der Waals surface area contributed by atoms with Crippen LogP contribution in [-0.2, 0) is 26.0 Å². The van der Waals surface area contributed by atoms with Gasteiger partial charge in [0, 0.05) is 70.6 Å². The maximum Gasteiger partial charge on any atom is 0.411 e. The van der Waals surface area contributed by atoms with Crippen molar-refractivity contribution in [3.05, 3.63) is 60.3 Å². The van der Waals surface area contributed by atoms with Gasteiger partial charge in [-0.2, -0.15) is 0 Å². The summed E-state index contributed by atoms with van der Waals surface area (Å²) in [7, 11) is -2.26. The number of piperidine rings is 1. The third-order valence-corrected chi connectivity index (χ3v) is 13.6. The maximum absolute atomic E-state index is 13.7. The highest BCUT2D eigenvalue weighted by atomic mass is 32.2. The van der Waals surface area contributed by atoms with Crippen LogP contribution < -0.4 is 20.3 Å². The summed E-state index contributed by atoms with van der Waals surface area (Å²) in [5, 5.41) is 6.29. The zero-order valence-electron chi connectivity index (χ0n) is 28.0. The second kappa shape index (κ2) is 15.8. The van der Waals surface area contributed by atoms with Gasteiger partial charge in [0.25, 0.3) is 0 Å². The highest BCUT2D eigenvalue weighted by molar-refractivity contribution is 7.89. The molecule has 2 fully saturated rings. The van der Waals surface area contributed by atoms with Crippen LogP contribution in [0.25, 0.3) is 10.4 Å². The number of anilines is 2. The highest BCUT2D eigenvalue weighted by Crippen LogP contribution is 2.37. The molecule has 48 heavy (non-hydrogen) atoms. The van der Waals surface area contributed by atoms with Crippen molar-refractivity contribution in [2.24, 2.45) is 0 Å². The Balaban J connectivity index is 1.23. The normalized spacial score (nSPS) is 18.4. The number of carbonyl (C=O) groups is 2. The van der Waals surface area contributed by atoms with Gasteiger partial charge in [-0.15, -0.1) is 0 Å². The number of likely N-dealkylation sites (N-methyl/N-ethyl adjacent to an activating group) is 1. The van der Waals surface area contributed by atoms with E-state index in [1.165, 1.54) is 29.9 Å². The predicted octanol–water partition coefficient (Wildman–Crippen LogP) is 4.58. The monoisotopic (exact) mass is 714 g/mol. The quantitative estimate of drug-likeness (QED) is 0.258. The first kappa shape index (κ1) is 35.8. The molecule has 3 heterocycles. The SMILES string of the molecule is CN1CCC[SiH2][C@H]1COC(=O)Nc1ccc(-c2cnc(N3CCC(OC(=O)NCc4ccccc4)CC3)s2)c(S(=O)(=O)NC(C)(C)C)c1. The Morgan fingerprint density at radius 1 is 1.06 bits per heavy atom. The Morgan fingerprint density at radius 3 is 2.52 bits per heavy atom. The molecule has 0 aliphatic carbocycles. The van der Waals surface area contributed by atoms with Gasteiger partial charge in [0.05, 0.1) is 9.77 Å². The van der Waals surface area contributed by atoms with Crippen molar-refractivity contribution in [2.45, 2.75) is 74.8 Å². The fourth-order valence-corrected chi connectivity index (χ4v) is 10.5. The largest absolute Gasteiger partial charge is 0.448 e. The van der Waals surface area contributed by atoms with Crippen LogP contribution in [-0.4, -0.2) is 90.6 Å². The lowest BCUT2D eigenvalue weighted by atomic mass is 10.1. The molecule has 2 aliphatic rings. The molecule has 12 nitrogen and oxygen atoms in total. The molecular weight excluding hydrogens is 669 g/mol. The number of rotatable bonds is 10. The number of carbonyl (C=O) groups excluding carboxylic acids is 2. The first-order valence-electron chi connectivity index (χ1n) is 16.4. The van der Waals surface area contributed by atoms with Gasteiger partial charge in [-0.3, -0.25) is 5.32 Å². The molecule has 0 spiro atoms. The Hall–Kier alpha value is -3.50. The van der Waals surface area contributed by atoms with E-state index >= 15 is 0 Å². The molecule has 2 amide bonds. The van der Waals surface area contributed by atoms with E-state index in [4.69, 9.17) is 9.47 Å². The number of sulfonamides is 1. The van der Waals surface area contributed by atoms with Crippen LogP contribution in [0.1, 0.15) is 45.6 Å². The average Bonchev–Trinajstić information content (AvgIpc) is 3.53. The van der Waals surface area contributed by atoms with Crippen LogP contribution in [0, 0.1) is 0 Å². The molecule has 2 saturated heterocycles. The van der Waals surface area contributed by atoms with Crippen LogP contribution in [0.5, 0.6) is 0 Å². The van der Waals surface area contributed by atoms with Crippen LogP contribution in [0.3, 0.4) is 0 Å². The van der Waals surface area contributed by atoms with Crippen molar-refractivity contribution >= 4 is 53.9 Å². The van der Waals surface area contributed by atoms with Crippen LogP contribution in [0.4, 0.5) is 20.4 Å². The number of nitrogens with zero attached hydrogens (tertiary/aromatic N) is 3. The molecule has 0 unspecified atom stereocenters. The Bertz CT molecular complexity index is 1660. The van der Waals surface area contributed by atoms with Crippen molar-refractivity contribution in [3.8, 4) is 10.4 Å². The van der Waals surface area contributed by atoms with Gasteiger partial charge in [0.15, 0.2) is 5.13 Å². The first-order valence-corrected chi connectivity index (χ1v) is 20.5. The Labute approximate surface area is 289 Å². The molecule has 260 valence electrons. The van der Waals surface area contributed by atoms with Gasteiger partial charge < -0.3 is 24.6 Å². The van der Waals surface area contributed by atoms with E-state index in [1.54, 1.807) is 39.1 Å². The number of benzene rings is 2. The third kappa shape index (κ3) is 10.0. The number of thiazole rings is 1. The minimum atomic E-state index is -3.98. The molecule has 2 aliphatic heterocycles. The van der Waals surface area contributed by atoms with Crippen molar-refractivity contribution < 1.29 is 27.5 Å². The number of aromatic nitrogens is 1. The number of ether oxygens (including phenoxy) is 2. The summed E-state index contributed by atoms with van der Waals surface area (Å²) in [6.45, 7) is 8.37. The lowest BCUT2D eigenvalue weighted by Crippen LogP contribution is -2.44. The van der Waals surface area contributed by atoms with E-state index in [9.17, 15) is 18.0 Å². The number of nitrogens with one attached hydrogen (secondary N) is 3. The molecular formula is C33H46N6O6S2Si. The minimum Gasteiger partial charge on any atom is -0.448 e. The molecule has 3 aromatic rings. The number of amides is 2. The van der Waals surface area contributed by atoms with Crippen molar-refractivity contribution in [2.75, 3.05) is 43.5 Å². The van der Waals surface area contributed by atoms with E-state index < -0.39 is 27.7 Å². The minimum absolute atomic E-state index is 0.0402. The molecule has 0 bridgehead atoms. The lowest BCUT2D eigenvalue weighted by Gasteiger charge is -2.31. The van der Waals surface area contributed by atoms with Gasteiger partial charge in [0.2, 0.25) is 10.0 Å². The zero-order valence-corrected chi connectivity index (χ0v) is 31.1. The summed E-state index contributed by atoms with van der Waals surface area (Å²) in [4.78, 5) is 34.8. The summed E-state index contributed by atoms with van der Waals surface area (Å²) >= 11 is 1.40. The fraction of sp³-hybridized carbons (Fsp3) is 0.485. The van der Waals surface area contributed by atoms with E-state index in [0.717, 1.165) is 17.2 Å². The van der Waals surface area contributed by atoms with E-state index in [0.29, 0.717) is 60.9 Å². The predicted molar refractivity (Wildman–Crippen MR) is 192 cm³/mol. The Kier molecular flexibility index (Phi) is 11.8. The van der Waals surface area contributed by atoms with E-state index in [-0.39, 0.29) is 20.5 Å². The lowest BCUT2D eigenvalue weighted by molar-refractivity contribution is 0.0828. The van der Waals surface area contributed by atoms with Gasteiger partial charge in [-0.25, -0.2) is 27.7 Å². The topological polar surface area (TPSA) is 142 Å². The van der Waals surface area contributed by atoms with Crippen LogP contribution in [0.2, 0.25) is 6.04 Å². The molecule has 0 radical (unpaired) electrons. The molecule has 15 heteroatoms. The van der Waals surface area contributed by atoms with Crippen LogP contribution >= 0.6 is 11.3 Å². The standard InChI is InChI=1S/C33H46N6O6S2Si/c1-33(2,3)37-47(42,43)28-19-24(36-32(41)44-22-29-38(4)15-8-18-48-29)11-12-26(28)27-21-34-30(46-27)39-16-13-25(14-17-39)45-31(40)35-20-23-9-6-5-7-10-23/h5-7,9-12,19,21,25,29,37H,8,13-18,20,22,48H2,1-4H3,(H,35,40)(H,36,41)/t29-/m0/s1. The van der Waals surface area contributed by atoms with Crippen molar-refractivity contribution in [1.82, 2.24) is 19.9 Å². The molecule has 5 rings (SSSR count). The summed E-state index contributed by atoms with van der Waals surface area (Å²) in [6.07, 6.45) is 2.94. The van der Waals surface area contributed by atoms with Crippen molar-refractivity contribution in [1.29, 1.82) is 0 Å². The summed E-state index contributed by atoms with van der Waals surface area (Å²) in [5.41, 5.74) is 1.39. The summed E-state index contributed by atoms with van der Waals surface area (Å²) in [6, 6.07) is 15.8. The summed E-state index contributed by atoms with van der Waals surface area (Å²) in [5.74, 6) is 0. The number of hydrogen-bond acceptors (Lipinski definition) is 10. The number of hydrogen-bond donors (Lipinski definition) is 3. The molecule has 0 saturated carbocycles. The van der Waals surface area contributed by atoms with Crippen molar-refractivity contribution in [3.63, 3.8) is 0 Å². The van der Waals surface area contributed by atoms with Gasteiger partial charge >= 0.3 is 12.2 Å². The number of alkyl carbamates (subject to hydrolysis) is 1. The van der Waals surface area contributed by atoms with E-state index in [1.807, 2.05) is 30.3 Å². The Morgan fingerprint density at radius 2 is 1.81 bits per heavy atom. The van der Waals surface area contributed by atoms with Crippen LogP contribution in [0.15, 0.2) is 59.6 Å². The molecule has 3 N–H and O–H groups in total. The maximum atomic E-state index is 13.7. The third-order valence-electron chi connectivity index (χ3n) is 8.31. The highest BCUT2D eigenvalue weighted by Gasteiger charge is 2.29. The van der Waals surface area contributed by atoms with Gasteiger partial charge in [-0.05, 0) is 58.5 Å². The average molecular weight is 715 g/mol. The zero-order chi connectivity index (χ0) is 34.3. The van der Waals surface area contributed by atoms with Gasteiger partial charge in [-0.1, -0.05) is 53.8 Å². The smallest absolute Gasteiger partial charge is 0.411 e. The molecule has 1 atom stereocenters. The molecule has 2 aromatic carbocycles. The first-order chi connectivity index (χ1) is 22.9. The fourth-order valence-electron chi connectivity index (χ4n) is 5.83. The summed E-state index contributed by atoms with van der Waals surface area (Å²) < 4.78 is 41.3. The van der Waals surface area contributed by atoms with Gasteiger partial charge in [0.1, 0.15) is 12.7 Å². The second-order valence-corrected chi connectivity index (χ2v) is 18.2.